The van der Waals surface area contributed by atoms with E-state index in [0.29, 0.717) is 12.5 Å². The minimum Gasteiger partial charge on any atom is -0.381 e. The van der Waals surface area contributed by atoms with Crippen molar-refractivity contribution in [3.8, 4) is 0 Å². The van der Waals surface area contributed by atoms with Gasteiger partial charge in [-0.25, -0.2) is 4.98 Å². The zero-order chi connectivity index (χ0) is 10.7. The van der Waals surface area contributed by atoms with Crippen LogP contribution in [0.2, 0.25) is 0 Å². The van der Waals surface area contributed by atoms with E-state index in [1.54, 1.807) is 0 Å². The van der Waals surface area contributed by atoms with Gasteiger partial charge in [0.15, 0.2) is 0 Å². The molecule has 1 aromatic heterocycles. The molecule has 0 aromatic carbocycles. The van der Waals surface area contributed by atoms with E-state index in [-0.39, 0.29) is 0 Å². The minimum absolute atomic E-state index is 0.560. The molecule has 3 N–H and O–H groups in total. The van der Waals surface area contributed by atoms with Crippen molar-refractivity contribution in [1.82, 2.24) is 9.97 Å². The lowest BCUT2D eigenvalue weighted by Gasteiger charge is -2.21. The SMILES string of the molecule is Cc1nc(C2CCOCC2)c(CCN)[nH]1. The first kappa shape index (κ1) is 10.6. The number of aryl methyl sites for hydroxylation is 1. The average molecular weight is 209 g/mol. The van der Waals surface area contributed by atoms with Crippen LogP contribution < -0.4 is 5.73 Å². The first-order valence-electron chi connectivity index (χ1n) is 5.64. The smallest absolute Gasteiger partial charge is 0.103 e. The summed E-state index contributed by atoms with van der Waals surface area (Å²) in [5.41, 5.74) is 8.04. The summed E-state index contributed by atoms with van der Waals surface area (Å²) in [5.74, 6) is 1.56. The highest BCUT2D eigenvalue weighted by Crippen LogP contribution is 2.28. The molecule has 0 amide bonds. The van der Waals surface area contributed by atoms with Gasteiger partial charge in [-0.3, -0.25) is 0 Å². The maximum absolute atomic E-state index is 5.60. The van der Waals surface area contributed by atoms with Gasteiger partial charge < -0.3 is 15.5 Å². The fraction of sp³-hybridized carbons (Fsp3) is 0.727. The summed E-state index contributed by atoms with van der Waals surface area (Å²) in [5, 5.41) is 0. The molecular formula is C11H19N3O. The van der Waals surface area contributed by atoms with E-state index >= 15 is 0 Å². The number of nitrogens with zero attached hydrogens (tertiary/aromatic N) is 1. The summed E-state index contributed by atoms with van der Waals surface area (Å²) < 4.78 is 5.37. The monoisotopic (exact) mass is 209 g/mol. The number of ether oxygens (including phenoxy) is 1. The van der Waals surface area contributed by atoms with Crippen molar-refractivity contribution in [2.75, 3.05) is 19.8 Å². The number of nitrogens with two attached hydrogens (primary N) is 1. The lowest BCUT2D eigenvalue weighted by molar-refractivity contribution is 0.0844. The van der Waals surface area contributed by atoms with Gasteiger partial charge in [0.25, 0.3) is 0 Å². The molecule has 0 bridgehead atoms. The van der Waals surface area contributed by atoms with E-state index in [4.69, 9.17) is 10.5 Å². The largest absolute Gasteiger partial charge is 0.381 e. The number of nitrogens with one attached hydrogen (secondary N) is 1. The first-order valence-corrected chi connectivity index (χ1v) is 5.64. The van der Waals surface area contributed by atoms with Crippen LogP contribution in [0.25, 0.3) is 0 Å². The second-order valence-corrected chi connectivity index (χ2v) is 4.11. The minimum atomic E-state index is 0.560. The number of rotatable bonds is 3. The average Bonchev–Trinajstić information content (AvgIpc) is 2.62. The van der Waals surface area contributed by atoms with E-state index in [1.165, 1.54) is 11.4 Å². The summed E-state index contributed by atoms with van der Waals surface area (Å²) in [6.07, 6.45) is 3.07. The van der Waals surface area contributed by atoms with Crippen LogP contribution >= 0.6 is 0 Å². The van der Waals surface area contributed by atoms with Gasteiger partial charge >= 0.3 is 0 Å². The van der Waals surface area contributed by atoms with Gasteiger partial charge in [0.1, 0.15) is 5.82 Å². The number of hydrogen-bond acceptors (Lipinski definition) is 3. The Kier molecular flexibility index (Phi) is 3.38. The molecule has 1 fully saturated rings. The van der Waals surface area contributed by atoms with Gasteiger partial charge in [-0.2, -0.15) is 0 Å². The molecule has 0 saturated carbocycles. The number of aromatic amines is 1. The Labute approximate surface area is 90.2 Å². The molecule has 0 atom stereocenters. The fourth-order valence-electron chi connectivity index (χ4n) is 2.20. The Morgan fingerprint density at radius 3 is 2.87 bits per heavy atom. The van der Waals surface area contributed by atoms with Crippen LogP contribution in [-0.4, -0.2) is 29.7 Å². The highest BCUT2D eigenvalue weighted by Gasteiger charge is 2.21. The number of H-pyrrole nitrogens is 1. The van der Waals surface area contributed by atoms with Crippen LogP contribution in [0.4, 0.5) is 0 Å². The third-order valence-corrected chi connectivity index (χ3v) is 2.93. The molecular weight excluding hydrogens is 190 g/mol. The lowest BCUT2D eigenvalue weighted by atomic mass is 9.94. The van der Waals surface area contributed by atoms with Crippen molar-refractivity contribution in [1.29, 1.82) is 0 Å². The van der Waals surface area contributed by atoms with Crippen LogP contribution in [0.15, 0.2) is 0 Å². The predicted molar refractivity (Wildman–Crippen MR) is 58.9 cm³/mol. The van der Waals surface area contributed by atoms with Crippen LogP contribution in [0.3, 0.4) is 0 Å². The van der Waals surface area contributed by atoms with E-state index < -0.39 is 0 Å². The maximum atomic E-state index is 5.60. The Morgan fingerprint density at radius 1 is 1.47 bits per heavy atom. The summed E-state index contributed by atoms with van der Waals surface area (Å²) in [6.45, 7) is 4.40. The Morgan fingerprint density at radius 2 is 2.20 bits per heavy atom. The van der Waals surface area contributed by atoms with Crippen molar-refractivity contribution >= 4 is 0 Å². The Hall–Kier alpha value is -0.870. The molecule has 1 aliphatic heterocycles. The fourth-order valence-corrected chi connectivity index (χ4v) is 2.20. The van der Waals surface area contributed by atoms with Crippen molar-refractivity contribution in [3.63, 3.8) is 0 Å². The van der Waals surface area contributed by atoms with Crippen LogP contribution in [0.1, 0.15) is 36.0 Å². The van der Waals surface area contributed by atoms with E-state index in [0.717, 1.165) is 38.3 Å². The van der Waals surface area contributed by atoms with Crippen LogP contribution in [0, 0.1) is 6.92 Å². The molecule has 4 heteroatoms. The molecule has 1 aromatic rings. The number of imidazole rings is 1. The van der Waals surface area contributed by atoms with Gasteiger partial charge in [-0.1, -0.05) is 0 Å². The van der Waals surface area contributed by atoms with Crippen molar-refractivity contribution in [2.45, 2.75) is 32.1 Å². The summed E-state index contributed by atoms with van der Waals surface area (Å²) in [4.78, 5) is 7.90. The number of aromatic nitrogens is 2. The maximum Gasteiger partial charge on any atom is 0.103 e. The topological polar surface area (TPSA) is 63.9 Å². The van der Waals surface area contributed by atoms with Crippen LogP contribution in [-0.2, 0) is 11.2 Å². The summed E-state index contributed by atoms with van der Waals surface area (Å²) >= 11 is 0. The summed E-state index contributed by atoms with van der Waals surface area (Å²) in [6, 6.07) is 0. The highest BCUT2D eigenvalue weighted by atomic mass is 16.5. The zero-order valence-electron chi connectivity index (χ0n) is 9.25. The van der Waals surface area contributed by atoms with Gasteiger partial charge in [-0.15, -0.1) is 0 Å². The predicted octanol–water partition coefficient (Wildman–Crippen LogP) is 1.11. The molecule has 0 unspecified atom stereocenters. The van der Waals surface area contributed by atoms with Gasteiger partial charge in [-0.05, 0) is 26.3 Å². The molecule has 2 rings (SSSR count). The van der Waals surface area contributed by atoms with Crippen LogP contribution in [0.5, 0.6) is 0 Å². The molecule has 1 saturated heterocycles. The van der Waals surface area contributed by atoms with E-state index in [2.05, 4.69) is 9.97 Å². The molecule has 0 radical (unpaired) electrons. The van der Waals surface area contributed by atoms with Gasteiger partial charge in [0.2, 0.25) is 0 Å². The van der Waals surface area contributed by atoms with Crippen molar-refractivity contribution < 1.29 is 4.74 Å². The van der Waals surface area contributed by atoms with E-state index in [9.17, 15) is 0 Å². The van der Waals surface area contributed by atoms with Gasteiger partial charge in [0, 0.05) is 31.2 Å². The lowest BCUT2D eigenvalue weighted by Crippen LogP contribution is -2.16. The molecule has 2 heterocycles. The molecule has 1 aliphatic rings. The van der Waals surface area contributed by atoms with Gasteiger partial charge in [0.05, 0.1) is 5.69 Å². The Balaban J connectivity index is 2.17. The van der Waals surface area contributed by atoms with Crippen molar-refractivity contribution in [2.24, 2.45) is 5.73 Å². The number of hydrogen-bond donors (Lipinski definition) is 2. The third kappa shape index (κ3) is 2.38. The molecule has 0 aliphatic carbocycles. The molecule has 15 heavy (non-hydrogen) atoms. The quantitative estimate of drug-likeness (QED) is 0.784. The first-order chi connectivity index (χ1) is 7.31. The van der Waals surface area contributed by atoms with Crippen molar-refractivity contribution in [3.05, 3.63) is 17.2 Å². The standard InChI is InChI=1S/C11H19N3O/c1-8-13-10(2-5-12)11(14-8)9-3-6-15-7-4-9/h9H,2-7,12H2,1H3,(H,13,14). The molecule has 0 spiro atoms. The zero-order valence-corrected chi connectivity index (χ0v) is 9.25. The second-order valence-electron chi connectivity index (χ2n) is 4.11. The second kappa shape index (κ2) is 4.77. The summed E-state index contributed by atoms with van der Waals surface area (Å²) in [7, 11) is 0. The molecule has 84 valence electrons. The third-order valence-electron chi connectivity index (χ3n) is 2.93. The normalized spacial score (nSPS) is 18.3. The Bertz CT molecular complexity index is 316. The van der Waals surface area contributed by atoms with E-state index in [1.807, 2.05) is 6.92 Å². The molecule has 4 nitrogen and oxygen atoms in total. The highest BCUT2D eigenvalue weighted by molar-refractivity contribution is 5.19.